The predicted molar refractivity (Wildman–Crippen MR) is 71.5 cm³/mol. The summed E-state index contributed by atoms with van der Waals surface area (Å²) in [6.45, 7) is 5.39. The predicted octanol–water partition coefficient (Wildman–Crippen LogP) is 3.45. The van der Waals surface area contributed by atoms with Crippen LogP contribution in [0.5, 0.6) is 5.75 Å². The number of methoxy groups -OCH3 is 1. The number of ether oxygens (including phenoxy) is 1. The van der Waals surface area contributed by atoms with Crippen LogP contribution in [0.15, 0.2) is 18.2 Å². The molecule has 0 heterocycles. The van der Waals surface area contributed by atoms with Crippen LogP contribution in [-0.2, 0) is 0 Å². The minimum absolute atomic E-state index is 0.512. The first kappa shape index (κ1) is 12.4. The van der Waals surface area contributed by atoms with E-state index in [0.29, 0.717) is 6.04 Å². The zero-order valence-electron chi connectivity index (χ0n) is 11.1. The van der Waals surface area contributed by atoms with E-state index >= 15 is 0 Å². The molecule has 0 aliphatic heterocycles. The van der Waals surface area contributed by atoms with E-state index in [2.05, 4.69) is 37.4 Å². The molecular weight excluding hydrogens is 210 g/mol. The van der Waals surface area contributed by atoms with Crippen molar-refractivity contribution >= 4 is 0 Å². The van der Waals surface area contributed by atoms with Gasteiger partial charge < -0.3 is 10.1 Å². The van der Waals surface area contributed by atoms with Crippen LogP contribution < -0.4 is 10.1 Å². The lowest BCUT2D eigenvalue weighted by molar-refractivity contribution is 0.413. The second kappa shape index (κ2) is 5.54. The van der Waals surface area contributed by atoms with Gasteiger partial charge in [-0.3, -0.25) is 0 Å². The molecule has 0 aromatic heterocycles. The fraction of sp³-hybridized carbons (Fsp3) is 0.600. The van der Waals surface area contributed by atoms with Crippen molar-refractivity contribution < 1.29 is 4.74 Å². The van der Waals surface area contributed by atoms with E-state index in [-0.39, 0.29) is 0 Å². The smallest absolute Gasteiger partial charge is 0.119 e. The Kier molecular flexibility index (Phi) is 4.06. The molecule has 0 spiro atoms. The molecule has 0 saturated heterocycles. The molecule has 1 unspecified atom stereocenters. The Morgan fingerprint density at radius 3 is 2.71 bits per heavy atom. The maximum absolute atomic E-state index is 5.26. The quantitative estimate of drug-likeness (QED) is 0.812. The maximum atomic E-state index is 5.26. The summed E-state index contributed by atoms with van der Waals surface area (Å²) in [5, 5.41) is 3.61. The van der Waals surface area contributed by atoms with Gasteiger partial charge in [0.2, 0.25) is 0 Å². The number of hydrogen-bond donors (Lipinski definition) is 1. The van der Waals surface area contributed by atoms with E-state index in [1.54, 1.807) is 7.11 Å². The van der Waals surface area contributed by atoms with Crippen LogP contribution in [0.25, 0.3) is 0 Å². The molecule has 0 amide bonds. The minimum atomic E-state index is 0.512. The van der Waals surface area contributed by atoms with Crippen molar-refractivity contribution in [3.05, 3.63) is 29.3 Å². The van der Waals surface area contributed by atoms with E-state index in [4.69, 9.17) is 4.74 Å². The molecule has 1 aromatic carbocycles. The van der Waals surface area contributed by atoms with E-state index in [9.17, 15) is 0 Å². The standard InChI is InChI=1S/C15H23NO/c1-4-16-15(10-12-5-6-12)14-8-7-13(17-3)9-11(14)2/h7-9,12,15-16H,4-6,10H2,1-3H3. The summed E-state index contributed by atoms with van der Waals surface area (Å²) in [6.07, 6.45) is 4.11. The topological polar surface area (TPSA) is 21.3 Å². The van der Waals surface area contributed by atoms with Crippen molar-refractivity contribution in [2.45, 2.75) is 39.2 Å². The zero-order chi connectivity index (χ0) is 12.3. The second-order valence-corrected chi connectivity index (χ2v) is 5.01. The lowest BCUT2D eigenvalue weighted by Gasteiger charge is -2.20. The first-order chi connectivity index (χ1) is 8.24. The molecule has 1 N–H and O–H groups in total. The van der Waals surface area contributed by atoms with Gasteiger partial charge in [-0.15, -0.1) is 0 Å². The van der Waals surface area contributed by atoms with Gasteiger partial charge in [0.1, 0.15) is 5.75 Å². The summed E-state index contributed by atoms with van der Waals surface area (Å²) in [7, 11) is 1.72. The molecule has 1 saturated carbocycles. The minimum Gasteiger partial charge on any atom is -0.497 e. The van der Waals surface area contributed by atoms with Crippen molar-refractivity contribution in [1.82, 2.24) is 5.32 Å². The van der Waals surface area contributed by atoms with Gasteiger partial charge in [-0.05, 0) is 49.1 Å². The summed E-state index contributed by atoms with van der Waals surface area (Å²) in [6, 6.07) is 6.93. The zero-order valence-corrected chi connectivity index (χ0v) is 11.1. The van der Waals surface area contributed by atoms with Gasteiger partial charge in [0.25, 0.3) is 0 Å². The number of nitrogens with one attached hydrogen (secondary N) is 1. The highest BCUT2D eigenvalue weighted by Crippen LogP contribution is 2.38. The van der Waals surface area contributed by atoms with Crippen LogP contribution in [-0.4, -0.2) is 13.7 Å². The Morgan fingerprint density at radius 2 is 2.18 bits per heavy atom. The van der Waals surface area contributed by atoms with E-state index in [1.165, 1.54) is 30.4 Å². The molecule has 1 aliphatic rings. The van der Waals surface area contributed by atoms with E-state index < -0.39 is 0 Å². The third-order valence-corrected chi connectivity index (χ3v) is 3.57. The lowest BCUT2D eigenvalue weighted by atomic mass is 9.96. The monoisotopic (exact) mass is 233 g/mol. The molecule has 1 fully saturated rings. The Hall–Kier alpha value is -1.02. The summed E-state index contributed by atoms with van der Waals surface area (Å²) < 4.78 is 5.26. The SMILES string of the molecule is CCNC(CC1CC1)c1ccc(OC)cc1C. The molecular formula is C15H23NO. The fourth-order valence-corrected chi connectivity index (χ4v) is 2.42. The Bertz CT molecular complexity index is 371. The van der Waals surface area contributed by atoms with Crippen molar-refractivity contribution in [3.8, 4) is 5.75 Å². The summed E-state index contributed by atoms with van der Waals surface area (Å²) >= 11 is 0. The van der Waals surface area contributed by atoms with Crippen LogP contribution in [0, 0.1) is 12.8 Å². The molecule has 2 nitrogen and oxygen atoms in total. The lowest BCUT2D eigenvalue weighted by Crippen LogP contribution is -2.22. The molecule has 17 heavy (non-hydrogen) atoms. The number of aryl methyl sites for hydroxylation is 1. The summed E-state index contributed by atoms with van der Waals surface area (Å²) in [4.78, 5) is 0. The second-order valence-electron chi connectivity index (χ2n) is 5.01. The van der Waals surface area contributed by atoms with Gasteiger partial charge in [-0.1, -0.05) is 25.8 Å². The normalized spacial score (nSPS) is 16.9. The Morgan fingerprint density at radius 1 is 1.41 bits per heavy atom. The van der Waals surface area contributed by atoms with Crippen LogP contribution in [0.2, 0.25) is 0 Å². The van der Waals surface area contributed by atoms with Crippen LogP contribution in [0.1, 0.15) is 43.4 Å². The van der Waals surface area contributed by atoms with Crippen LogP contribution in [0.4, 0.5) is 0 Å². The Labute approximate surface area is 104 Å². The summed E-state index contributed by atoms with van der Waals surface area (Å²) in [5.74, 6) is 1.90. The number of rotatable bonds is 6. The highest BCUT2D eigenvalue weighted by Gasteiger charge is 2.26. The average Bonchev–Trinajstić information content (AvgIpc) is 3.12. The van der Waals surface area contributed by atoms with E-state index in [1.807, 2.05) is 0 Å². The largest absolute Gasteiger partial charge is 0.497 e. The molecule has 94 valence electrons. The van der Waals surface area contributed by atoms with Crippen LogP contribution in [0.3, 0.4) is 0 Å². The first-order valence-corrected chi connectivity index (χ1v) is 6.62. The van der Waals surface area contributed by atoms with Gasteiger partial charge in [0.05, 0.1) is 7.11 Å². The van der Waals surface area contributed by atoms with E-state index in [0.717, 1.165) is 18.2 Å². The van der Waals surface area contributed by atoms with Crippen LogP contribution >= 0.6 is 0 Å². The molecule has 2 heteroatoms. The van der Waals surface area contributed by atoms with Gasteiger partial charge in [0, 0.05) is 6.04 Å². The highest BCUT2D eigenvalue weighted by molar-refractivity contribution is 5.36. The molecule has 0 radical (unpaired) electrons. The van der Waals surface area contributed by atoms with Crippen molar-refractivity contribution in [2.24, 2.45) is 5.92 Å². The van der Waals surface area contributed by atoms with Crippen molar-refractivity contribution in [3.63, 3.8) is 0 Å². The van der Waals surface area contributed by atoms with Crippen molar-refractivity contribution in [2.75, 3.05) is 13.7 Å². The average molecular weight is 233 g/mol. The summed E-state index contributed by atoms with van der Waals surface area (Å²) in [5.41, 5.74) is 2.76. The number of benzene rings is 1. The van der Waals surface area contributed by atoms with Gasteiger partial charge in [0.15, 0.2) is 0 Å². The first-order valence-electron chi connectivity index (χ1n) is 6.62. The molecule has 1 aromatic rings. The third-order valence-electron chi connectivity index (χ3n) is 3.57. The molecule has 1 aliphatic carbocycles. The fourth-order valence-electron chi connectivity index (χ4n) is 2.42. The van der Waals surface area contributed by atoms with Gasteiger partial charge in [-0.2, -0.15) is 0 Å². The highest BCUT2D eigenvalue weighted by atomic mass is 16.5. The molecule has 0 bridgehead atoms. The third kappa shape index (κ3) is 3.22. The number of hydrogen-bond acceptors (Lipinski definition) is 2. The Balaban J connectivity index is 2.15. The van der Waals surface area contributed by atoms with Gasteiger partial charge >= 0.3 is 0 Å². The van der Waals surface area contributed by atoms with Gasteiger partial charge in [-0.25, -0.2) is 0 Å². The van der Waals surface area contributed by atoms with Crippen molar-refractivity contribution in [1.29, 1.82) is 0 Å². The maximum Gasteiger partial charge on any atom is 0.119 e. The molecule has 2 rings (SSSR count). The molecule has 1 atom stereocenters.